The molecule has 0 atom stereocenters. The van der Waals surface area contributed by atoms with Crippen molar-refractivity contribution in [3.8, 4) is 11.4 Å². The predicted molar refractivity (Wildman–Crippen MR) is 134 cm³/mol. The van der Waals surface area contributed by atoms with E-state index >= 15 is 0 Å². The Hall–Kier alpha value is -3.19. The van der Waals surface area contributed by atoms with E-state index in [1.165, 1.54) is 12.0 Å². The van der Waals surface area contributed by atoms with Gasteiger partial charge in [-0.05, 0) is 44.4 Å². The van der Waals surface area contributed by atoms with Gasteiger partial charge in [0.15, 0.2) is 11.5 Å². The normalized spacial score (nSPS) is 17.2. The van der Waals surface area contributed by atoms with Crippen molar-refractivity contribution in [2.24, 2.45) is 5.92 Å². The van der Waals surface area contributed by atoms with Gasteiger partial charge in [-0.25, -0.2) is 9.38 Å². The van der Waals surface area contributed by atoms with E-state index in [0.717, 1.165) is 72.8 Å². The summed E-state index contributed by atoms with van der Waals surface area (Å²) in [7, 11) is 0. The van der Waals surface area contributed by atoms with Crippen LogP contribution in [0.2, 0.25) is 5.02 Å². The van der Waals surface area contributed by atoms with E-state index in [0.29, 0.717) is 17.5 Å². The second-order valence-corrected chi connectivity index (χ2v) is 9.85. The van der Waals surface area contributed by atoms with Crippen molar-refractivity contribution in [3.63, 3.8) is 0 Å². The van der Waals surface area contributed by atoms with Crippen LogP contribution in [0, 0.1) is 12.8 Å². The minimum Gasteiger partial charge on any atom is -0.341 e. The smallest absolute Gasteiger partial charge is 0.225 e. The maximum atomic E-state index is 12.9. The Kier molecular flexibility index (Phi) is 5.37. The third kappa shape index (κ3) is 3.68. The molecular weight excluding hydrogens is 448 g/mol. The van der Waals surface area contributed by atoms with Crippen LogP contribution in [0.1, 0.15) is 31.2 Å². The molecule has 2 aromatic carbocycles. The van der Waals surface area contributed by atoms with Crippen molar-refractivity contribution in [1.29, 1.82) is 0 Å². The van der Waals surface area contributed by atoms with E-state index in [2.05, 4.69) is 50.7 Å². The van der Waals surface area contributed by atoms with Crippen LogP contribution in [0.5, 0.6) is 0 Å². The highest BCUT2D eigenvalue weighted by Crippen LogP contribution is 2.31. The number of rotatable bonds is 3. The number of hydrogen-bond donors (Lipinski definition) is 0. The lowest BCUT2D eigenvalue weighted by Gasteiger charge is -2.31. The van der Waals surface area contributed by atoms with E-state index in [9.17, 15) is 4.79 Å². The molecule has 6 rings (SSSR count). The van der Waals surface area contributed by atoms with Crippen molar-refractivity contribution < 1.29 is 4.79 Å². The molecule has 1 saturated heterocycles. The van der Waals surface area contributed by atoms with E-state index in [-0.39, 0.29) is 5.92 Å². The number of carbonyl (C=O) groups excluding carboxylic acids is 1. The number of benzene rings is 2. The number of aryl methyl sites for hydroxylation is 1. The Morgan fingerprint density at radius 3 is 2.56 bits per heavy atom. The Morgan fingerprint density at radius 1 is 0.971 bits per heavy atom. The third-order valence-electron chi connectivity index (χ3n) is 7.14. The highest BCUT2D eigenvalue weighted by atomic mass is 35.5. The Labute approximate surface area is 203 Å². The summed E-state index contributed by atoms with van der Waals surface area (Å²) < 4.78 is 2.06. The van der Waals surface area contributed by atoms with Gasteiger partial charge < -0.3 is 9.80 Å². The second kappa shape index (κ2) is 8.55. The molecule has 7 nitrogen and oxygen atoms in total. The van der Waals surface area contributed by atoms with Crippen LogP contribution >= 0.6 is 11.6 Å². The van der Waals surface area contributed by atoms with Crippen molar-refractivity contribution >= 4 is 40.0 Å². The first-order valence-electron chi connectivity index (χ1n) is 12.0. The molecule has 0 radical (unpaired) electrons. The topological polar surface area (TPSA) is 66.6 Å². The predicted octanol–water partition coefficient (Wildman–Crippen LogP) is 4.75. The van der Waals surface area contributed by atoms with Crippen molar-refractivity contribution in [2.45, 2.75) is 32.6 Å². The van der Waals surface area contributed by atoms with Crippen LogP contribution in [0.4, 0.5) is 5.95 Å². The van der Waals surface area contributed by atoms with Crippen LogP contribution in [-0.2, 0) is 4.79 Å². The van der Waals surface area contributed by atoms with Gasteiger partial charge in [0.2, 0.25) is 11.9 Å². The van der Waals surface area contributed by atoms with Crippen molar-refractivity contribution in [1.82, 2.24) is 24.5 Å². The SMILES string of the molecule is Cc1ccc(-c2nnc3c4ccc(Cl)cc4nc(N4CCCN(C(=O)C5CCC5)CC4)n23)cc1. The molecule has 2 fully saturated rings. The fourth-order valence-corrected chi connectivity index (χ4v) is 5.11. The van der Waals surface area contributed by atoms with Gasteiger partial charge in [0.1, 0.15) is 0 Å². The summed E-state index contributed by atoms with van der Waals surface area (Å²) in [6.07, 6.45) is 4.14. The molecule has 174 valence electrons. The number of fused-ring (bicyclic) bond motifs is 3. The third-order valence-corrected chi connectivity index (χ3v) is 7.37. The Bertz CT molecular complexity index is 1380. The Morgan fingerprint density at radius 2 is 1.79 bits per heavy atom. The molecule has 0 N–H and O–H groups in total. The Balaban J connectivity index is 1.45. The van der Waals surface area contributed by atoms with Crippen LogP contribution in [-0.4, -0.2) is 56.6 Å². The quantitative estimate of drug-likeness (QED) is 0.429. The van der Waals surface area contributed by atoms with Crippen molar-refractivity contribution in [2.75, 3.05) is 31.1 Å². The zero-order chi connectivity index (χ0) is 23.2. The molecular formula is C26H27ClN6O. The molecule has 3 heterocycles. The lowest BCUT2D eigenvalue weighted by atomic mass is 9.84. The zero-order valence-corrected chi connectivity index (χ0v) is 20.0. The van der Waals surface area contributed by atoms with Crippen LogP contribution in [0.15, 0.2) is 42.5 Å². The second-order valence-electron chi connectivity index (χ2n) is 9.42. The minimum absolute atomic E-state index is 0.227. The zero-order valence-electron chi connectivity index (χ0n) is 19.2. The molecule has 8 heteroatoms. The number of carbonyl (C=O) groups is 1. The molecule has 0 unspecified atom stereocenters. The summed E-state index contributed by atoms with van der Waals surface area (Å²) in [5.74, 6) is 2.11. The van der Waals surface area contributed by atoms with E-state index < -0.39 is 0 Å². The number of anilines is 1. The minimum atomic E-state index is 0.227. The van der Waals surface area contributed by atoms with E-state index in [4.69, 9.17) is 16.6 Å². The lowest BCUT2D eigenvalue weighted by Crippen LogP contribution is -2.41. The number of amides is 1. The first-order chi connectivity index (χ1) is 16.6. The van der Waals surface area contributed by atoms with Gasteiger partial charge in [0.05, 0.1) is 5.52 Å². The summed E-state index contributed by atoms with van der Waals surface area (Å²) >= 11 is 6.31. The summed E-state index contributed by atoms with van der Waals surface area (Å²) in [6.45, 7) is 5.10. The molecule has 1 saturated carbocycles. The van der Waals surface area contributed by atoms with Gasteiger partial charge >= 0.3 is 0 Å². The first-order valence-corrected chi connectivity index (χ1v) is 12.4. The van der Waals surface area contributed by atoms with Crippen LogP contribution in [0.25, 0.3) is 27.9 Å². The van der Waals surface area contributed by atoms with Gasteiger partial charge in [-0.1, -0.05) is 47.9 Å². The van der Waals surface area contributed by atoms with Gasteiger partial charge in [-0.15, -0.1) is 10.2 Å². The number of aromatic nitrogens is 4. The van der Waals surface area contributed by atoms with Gasteiger partial charge in [0, 0.05) is 48.1 Å². The fraction of sp³-hybridized carbons (Fsp3) is 0.385. The maximum Gasteiger partial charge on any atom is 0.225 e. The summed E-state index contributed by atoms with van der Waals surface area (Å²) in [5.41, 5.74) is 3.74. The first kappa shape index (κ1) is 21.4. The molecule has 34 heavy (non-hydrogen) atoms. The van der Waals surface area contributed by atoms with Crippen LogP contribution in [0.3, 0.4) is 0 Å². The highest BCUT2D eigenvalue weighted by molar-refractivity contribution is 6.31. The van der Waals surface area contributed by atoms with Crippen LogP contribution < -0.4 is 4.90 Å². The average molecular weight is 475 g/mol. The van der Waals surface area contributed by atoms with E-state index in [1.807, 2.05) is 23.1 Å². The molecule has 0 spiro atoms. The molecule has 1 aliphatic carbocycles. The van der Waals surface area contributed by atoms with Gasteiger partial charge in [-0.2, -0.15) is 0 Å². The molecule has 4 aromatic rings. The standard InChI is InChI=1S/C26H27ClN6O/c1-17-6-8-18(9-7-17)23-29-30-24-21-11-10-20(27)16-22(21)28-26(33(23)24)32-13-3-12-31(14-15-32)25(34)19-4-2-5-19/h6-11,16,19H,2-5,12-15H2,1H3. The largest absolute Gasteiger partial charge is 0.341 e. The summed E-state index contributed by atoms with van der Waals surface area (Å²) in [5, 5.41) is 10.7. The summed E-state index contributed by atoms with van der Waals surface area (Å²) in [6, 6.07) is 14.0. The molecule has 1 amide bonds. The monoisotopic (exact) mass is 474 g/mol. The molecule has 0 bridgehead atoms. The highest BCUT2D eigenvalue weighted by Gasteiger charge is 2.31. The average Bonchev–Trinajstić information content (AvgIpc) is 3.08. The number of hydrogen-bond acceptors (Lipinski definition) is 5. The van der Waals surface area contributed by atoms with E-state index in [1.54, 1.807) is 0 Å². The number of halogens is 1. The summed E-state index contributed by atoms with van der Waals surface area (Å²) in [4.78, 5) is 22.3. The fourth-order valence-electron chi connectivity index (χ4n) is 4.95. The van der Waals surface area contributed by atoms with Gasteiger partial charge in [-0.3, -0.25) is 4.79 Å². The van der Waals surface area contributed by atoms with Crippen molar-refractivity contribution in [3.05, 3.63) is 53.1 Å². The molecule has 2 aromatic heterocycles. The lowest BCUT2D eigenvalue weighted by molar-refractivity contribution is -0.137. The maximum absolute atomic E-state index is 12.9. The van der Waals surface area contributed by atoms with Gasteiger partial charge in [0.25, 0.3) is 0 Å². The molecule has 1 aliphatic heterocycles. The molecule has 2 aliphatic rings. The number of nitrogens with zero attached hydrogens (tertiary/aromatic N) is 6.